The Balaban J connectivity index is 1.86. The van der Waals surface area contributed by atoms with Crippen LogP contribution in [0.5, 0.6) is 0 Å². The fraction of sp³-hybridized carbons (Fsp3) is 0.176. The zero-order chi connectivity index (χ0) is 18.4. The lowest BCUT2D eigenvalue weighted by molar-refractivity contribution is -0.167. The zero-order valence-electron chi connectivity index (χ0n) is 12.9. The number of rotatable bonds is 5. The van der Waals surface area contributed by atoms with Crippen molar-refractivity contribution in [2.24, 2.45) is 0 Å². The first-order valence-corrected chi connectivity index (χ1v) is 7.61. The first kappa shape index (κ1) is 18.8. The minimum Gasteiger partial charge on any atom is -0.352 e. The van der Waals surface area contributed by atoms with E-state index in [1.807, 2.05) is 0 Å². The molecule has 0 radical (unpaired) electrons. The molecule has 0 aliphatic carbocycles. The number of hydrogen-bond donors (Lipinski definition) is 2. The second-order valence-electron chi connectivity index (χ2n) is 5.19. The Bertz CT molecular complexity index is 761. The Kier molecular flexibility index (Phi) is 6.03. The van der Waals surface area contributed by atoms with E-state index in [-0.39, 0.29) is 24.6 Å². The number of anilines is 1. The second-order valence-corrected chi connectivity index (χ2v) is 5.60. The van der Waals surface area contributed by atoms with Crippen molar-refractivity contribution in [1.29, 1.82) is 0 Å². The number of benzene rings is 2. The summed E-state index contributed by atoms with van der Waals surface area (Å²) in [5.74, 6) is -2.27. The molecule has 0 aromatic heterocycles. The van der Waals surface area contributed by atoms with Crippen molar-refractivity contribution >= 4 is 29.1 Å². The van der Waals surface area contributed by atoms with Gasteiger partial charge in [-0.2, -0.15) is 13.2 Å². The lowest BCUT2D eigenvalue weighted by Gasteiger charge is -2.09. The summed E-state index contributed by atoms with van der Waals surface area (Å²) in [6, 6.07) is 12.7. The highest BCUT2D eigenvalue weighted by atomic mass is 35.5. The quantitative estimate of drug-likeness (QED) is 0.843. The molecular weight excluding hydrogens is 357 g/mol. The van der Waals surface area contributed by atoms with E-state index in [0.29, 0.717) is 16.1 Å². The molecule has 0 fully saturated rings. The first-order valence-electron chi connectivity index (χ1n) is 7.23. The van der Waals surface area contributed by atoms with Gasteiger partial charge in [0.25, 0.3) is 0 Å². The molecule has 0 heterocycles. The third-order valence-corrected chi connectivity index (χ3v) is 3.64. The van der Waals surface area contributed by atoms with Gasteiger partial charge in [-0.15, -0.1) is 0 Å². The van der Waals surface area contributed by atoms with Crippen LogP contribution in [0.2, 0.25) is 5.02 Å². The predicted octanol–water partition coefficient (Wildman–Crippen LogP) is 3.70. The third-order valence-electron chi connectivity index (χ3n) is 3.27. The van der Waals surface area contributed by atoms with Gasteiger partial charge < -0.3 is 10.6 Å². The summed E-state index contributed by atoms with van der Waals surface area (Å²) in [5.41, 5.74) is 1.40. The molecule has 2 aromatic carbocycles. The summed E-state index contributed by atoms with van der Waals surface area (Å²) in [4.78, 5) is 22.7. The molecule has 2 aromatic rings. The van der Waals surface area contributed by atoms with E-state index in [1.165, 1.54) is 24.3 Å². The topological polar surface area (TPSA) is 58.2 Å². The van der Waals surface area contributed by atoms with Crippen LogP contribution in [-0.4, -0.2) is 18.0 Å². The van der Waals surface area contributed by atoms with Crippen LogP contribution < -0.4 is 10.6 Å². The average Bonchev–Trinajstić information content (AvgIpc) is 2.55. The maximum absolute atomic E-state index is 12.2. The molecule has 4 nitrogen and oxygen atoms in total. The number of nitrogens with one attached hydrogen (secondary N) is 2. The Morgan fingerprint density at radius 3 is 2.24 bits per heavy atom. The van der Waals surface area contributed by atoms with Gasteiger partial charge in [0.15, 0.2) is 0 Å². The van der Waals surface area contributed by atoms with Crippen LogP contribution in [0.3, 0.4) is 0 Å². The van der Waals surface area contributed by atoms with Crippen LogP contribution in [0.25, 0.3) is 0 Å². The number of hydrogen-bond acceptors (Lipinski definition) is 2. The van der Waals surface area contributed by atoms with Crippen LogP contribution in [0, 0.1) is 0 Å². The Labute approximate surface area is 147 Å². The third kappa shape index (κ3) is 5.79. The summed E-state index contributed by atoms with van der Waals surface area (Å²) in [6.07, 6.45) is -4.81. The monoisotopic (exact) mass is 370 g/mol. The minimum atomic E-state index is -4.94. The van der Waals surface area contributed by atoms with Crippen molar-refractivity contribution in [3.8, 4) is 0 Å². The Hall–Kier alpha value is -2.54. The molecule has 2 amide bonds. The van der Waals surface area contributed by atoms with Crippen molar-refractivity contribution in [3.05, 3.63) is 64.7 Å². The fourth-order valence-electron chi connectivity index (χ4n) is 1.99. The maximum atomic E-state index is 12.2. The molecule has 132 valence electrons. The molecule has 0 saturated heterocycles. The number of halogens is 4. The van der Waals surface area contributed by atoms with Gasteiger partial charge in [0.05, 0.1) is 6.42 Å². The Morgan fingerprint density at radius 2 is 1.64 bits per heavy atom. The molecule has 0 atom stereocenters. The molecule has 0 aliphatic heterocycles. The standard InChI is InChI=1S/C17H14ClF3N2O2/c18-14-4-2-1-3-12(14)9-15(24)22-10-11-5-7-13(8-6-11)23-16(25)17(19,20)21/h1-8H,9-10H2,(H,22,24)(H,23,25). The molecule has 0 bridgehead atoms. The van der Waals surface area contributed by atoms with Gasteiger partial charge in [-0.3, -0.25) is 9.59 Å². The van der Waals surface area contributed by atoms with Crippen molar-refractivity contribution in [3.63, 3.8) is 0 Å². The van der Waals surface area contributed by atoms with E-state index in [2.05, 4.69) is 5.32 Å². The average molecular weight is 371 g/mol. The van der Waals surface area contributed by atoms with E-state index < -0.39 is 12.1 Å². The largest absolute Gasteiger partial charge is 0.471 e. The lowest BCUT2D eigenvalue weighted by Crippen LogP contribution is -2.29. The van der Waals surface area contributed by atoms with E-state index in [0.717, 1.165) is 0 Å². The maximum Gasteiger partial charge on any atom is 0.471 e. The number of alkyl halides is 3. The van der Waals surface area contributed by atoms with Gasteiger partial charge in [0, 0.05) is 17.3 Å². The SMILES string of the molecule is O=C(Cc1ccccc1Cl)NCc1ccc(NC(=O)C(F)(F)F)cc1. The second kappa shape index (κ2) is 8.02. The first-order chi connectivity index (χ1) is 11.8. The van der Waals surface area contributed by atoms with Crippen LogP contribution in [0.1, 0.15) is 11.1 Å². The van der Waals surface area contributed by atoms with E-state index >= 15 is 0 Å². The van der Waals surface area contributed by atoms with E-state index in [1.54, 1.807) is 29.6 Å². The molecule has 2 N–H and O–H groups in total. The molecule has 0 spiro atoms. The summed E-state index contributed by atoms with van der Waals surface area (Å²) in [5, 5.41) is 4.94. The van der Waals surface area contributed by atoms with Gasteiger partial charge in [-0.25, -0.2) is 0 Å². The van der Waals surface area contributed by atoms with E-state index in [9.17, 15) is 22.8 Å². The van der Waals surface area contributed by atoms with Crippen molar-refractivity contribution in [2.75, 3.05) is 5.32 Å². The van der Waals surface area contributed by atoms with Crippen molar-refractivity contribution in [2.45, 2.75) is 19.1 Å². The van der Waals surface area contributed by atoms with Crippen molar-refractivity contribution < 1.29 is 22.8 Å². The number of amides is 2. The smallest absolute Gasteiger partial charge is 0.352 e. The highest BCUT2D eigenvalue weighted by molar-refractivity contribution is 6.31. The molecule has 0 unspecified atom stereocenters. The summed E-state index contributed by atoms with van der Waals surface area (Å²) < 4.78 is 36.5. The summed E-state index contributed by atoms with van der Waals surface area (Å²) >= 11 is 5.98. The fourth-order valence-corrected chi connectivity index (χ4v) is 2.19. The Morgan fingerprint density at radius 1 is 1.00 bits per heavy atom. The van der Waals surface area contributed by atoms with Gasteiger partial charge >= 0.3 is 12.1 Å². The summed E-state index contributed by atoms with van der Waals surface area (Å²) in [7, 11) is 0. The van der Waals surface area contributed by atoms with Crippen molar-refractivity contribution in [1.82, 2.24) is 5.32 Å². The minimum absolute atomic E-state index is 0.0217. The molecule has 8 heteroatoms. The molecular formula is C17H14ClF3N2O2. The van der Waals surface area contributed by atoms with Gasteiger partial charge in [0.2, 0.25) is 5.91 Å². The van der Waals surface area contributed by atoms with Gasteiger partial charge in [-0.1, -0.05) is 41.9 Å². The number of carbonyl (C=O) groups excluding carboxylic acids is 2. The highest BCUT2D eigenvalue weighted by Crippen LogP contribution is 2.19. The van der Waals surface area contributed by atoms with Crippen LogP contribution in [0.4, 0.5) is 18.9 Å². The highest BCUT2D eigenvalue weighted by Gasteiger charge is 2.38. The molecule has 2 rings (SSSR count). The van der Waals surface area contributed by atoms with Gasteiger partial charge in [0.1, 0.15) is 0 Å². The normalized spacial score (nSPS) is 11.0. The number of carbonyl (C=O) groups is 2. The van der Waals surface area contributed by atoms with Crippen LogP contribution in [-0.2, 0) is 22.6 Å². The summed E-state index contributed by atoms with van der Waals surface area (Å²) in [6.45, 7) is 0.205. The zero-order valence-corrected chi connectivity index (χ0v) is 13.6. The molecule has 25 heavy (non-hydrogen) atoms. The van der Waals surface area contributed by atoms with Crippen LogP contribution in [0.15, 0.2) is 48.5 Å². The lowest BCUT2D eigenvalue weighted by atomic mass is 10.1. The molecule has 0 aliphatic rings. The molecule has 0 saturated carbocycles. The van der Waals surface area contributed by atoms with Gasteiger partial charge in [-0.05, 0) is 29.3 Å². The van der Waals surface area contributed by atoms with E-state index in [4.69, 9.17) is 11.6 Å². The predicted molar refractivity (Wildman–Crippen MR) is 88.1 cm³/mol. The van der Waals surface area contributed by atoms with Crippen LogP contribution >= 0.6 is 11.6 Å².